The van der Waals surface area contributed by atoms with Crippen LogP contribution in [0.3, 0.4) is 0 Å². The fourth-order valence-electron chi connectivity index (χ4n) is 7.98. The lowest BCUT2D eigenvalue weighted by Crippen LogP contribution is -2.61. The number of benzene rings is 1. The average molecular weight is 581 g/mol. The third-order valence-corrected chi connectivity index (χ3v) is 11.9. The summed E-state index contributed by atoms with van der Waals surface area (Å²) in [6.07, 6.45) is 10.4. The predicted molar refractivity (Wildman–Crippen MR) is 161 cm³/mol. The molecule has 1 N–H and O–H groups in total. The van der Waals surface area contributed by atoms with Crippen LogP contribution in [0.2, 0.25) is 0 Å². The van der Waals surface area contributed by atoms with Crippen LogP contribution in [0, 0.1) is 17.8 Å². The minimum atomic E-state index is -0.765. The number of fused-ring (bicyclic) bond motifs is 1. The number of ether oxygens (including phenoxy) is 1. The normalized spacial score (nSPS) is 31.5. The van der Waals surface area contributed by atoms with Gasteiger partial charge in [0.15, 0.2) is 0 Å². The van der Waals surface area contributed by atoms with Gasteiger partial charge in [0.25, 0.3) is 0 Å². The van der Waals surface area contributed by atoms with Gasteiger partial charge in [-0.25, -0.2) is 0 Å². The summed E-state index contributed by atoms with van der Waals surface area (Å²) in [5.74, 6) is -1.84. The molecule has 222 valence electrons. The molecule has 7 atom stereocenters. The highest BCUT2D eigenvalue weighted by Crippen LogP contribution is 2.69. The number of nitrogens with zero attached hydrogens (tertiary/aromatic N) is 2. The molecular formula is C33H44N2O5S. The van der Waals surface area contributed by atoms with Crippen molar-refractivity contribution in [3.8, 4) is 0 Å². The lowest BCUT2D eigenvalue weighted by Gasteiger charge is -2.44. The van der Waals surface area contributed by atoms with E-state index in [2.05, 4.69) is 20.1 Å². The van der Waals surface area contributed by atoms with Gasteiger partial charge >= 0.3 is 5.97 Å². The number of carbonyl (C=O) groups excluding carboxylic acids is 3. The fraction of sp³-hybridized carbons (Fsp3) is 0.606. The summed E-state index contributed by atoms with van der Waals surface area (Å²) < 4.78 is 4.90. The summed E-state index contributed by atoms with van der Waals surface area (Å²) in [4.78, 5) is 46.6. The lowest BCUT2D eigenvalue weighted by molar-refractivity contribution is -0.155. The van der Waals surface area contributed by atoms with Crippen LogP contribution in [0.5, 0.6) is 0 Å². The first kappa shape index (κ1) is 29.9. The Morgan fingerprint density at radius 1 is 1.20 bits per heavy atom. The Morgan fingerprint density at radius 2 is 1.93 bits per heavy atom. The van der Waals surface area contributed by atoms with Crippen LogP contribution in [-0.4, -0.2) is 80.6 Å². The van der Waals surface area contributed by atoms with Crippen molar-refractivity contribution < 1.29 is 24.2 Å². The zero-order valence-corrected chi connectivity index (χ0v) is 25.0. The van der Waals surface area contributed by atoms with Crippen molar-refractivity contribution >= 4 is 29.5 Å². The number of esters is 1. The molecule has 1 aromatic carbocycles. The van der Waals surface area contributed by atoms with Crippen LogP contribution < -0.4 is 0 Å². The zero-order valence-electron chi connectivity index (χ0n) is 24.2. The summed E-state index contributed by atoms with van der Waals surface area (Å²) in [6, 6.07) is 8.53. The van der Waals surface area contributed by atoms with Crippen LogP contribution in [0.15, 0.2) is 55.6 Å². The number of carbonyl (C=O) groups is 3. The van der Waals surface area contributed by atoms with E-state index >= 15 is 0 Å². The highest BCUT2D eigenvalue weighted by Gasteiger charge is 2.77. The standard InChI is InChI=1S/C33H44N2O5S/c1-4-6-18-40-32(39)27-26-19-22(3)33(41-26)28(27)30(37)35(25(21-36)20-23-13-9-7-10-14-23)29(33)31(38)34(17-5-2)24-15-11-8-12-16-24/h4-5,7,9-10,13-14,22,24-29,36H,1-2,6,8,11-12,15-21H2,3H3/t22?,25-,26+,27-,28+,29?,33?/m1/s1. The monoisotopic (exact) mass is 580 g/mol. The second-order valence-corrected chi connectivity index (χ2v) is 13.7. The van der Waals surface area contributed by atoms with Crippen LogP contribution in [0.25, 0.3) is 0 Å². The maximum absolute atomic E-state index is 14.9. The van der Waals surface area contributed by atoms with Crippen molar-refractivity contribution in [1.29, 1.82) is 0 Å². The lowest BCUT2D eigenvalue weighted by atomic mass is 9.66. The van der Waals surface area contributed by atoms with Crippen molar-refractivity contribution in [2.75, 3.05) is 19.8 Å². The Kier molecular flexibility index (Phi) is 9.29. The molecule has 7 nitrogen and oxygen atoms in total. The van der Waals surface area contributed by atoms with E-state index < -0.39 is 28.7 Å². The third kappa shape index (κ3) is 5.27. The number of amides is 2. The van der Waals surface area contributed by atoms with Gasteiger partial charge in [0.1, 0.15) is 6.04 Å². The molecule has 0 aromatic heterocycles. The first-order valence-corrected chi connectivity index (χ1v) is 16.1. The zero-order chi connectivity index (χ0) is 29.1. The molecule has 41 heavy (non-hydrogen) atoms. The van der Waals surface area contributed by atoms with Gasteiger partial charge < -0.3 is 19.6 Å². The predicted octanol–water partition coefficient (Wildman–Crippen LogP) is 4.39. The second-order valence-electron chi connectivity index (χ2n) is 12.1. The molecule has 3 saturated heterocycles. The number of aliphatic hydroxyl groups is 1. The van der Waals surface area contributed by atoms with Crippen molar-refractivity contribution in [3.63, 3.8) is 0 Å². The molecule has 1 aliphatic carbocycles. The number of hydrogen-bond acceptors (Lipinski definition) is 6. The highest BCUT2D eigenvalue weighted by molar-refractivity contribution is 8.02. The van der Waals surface area contributed by atoms with E-state index in [9.17, 15) is 19.5 Å². The fourth-order valence-corrected chi connectivity index (χ4v) is 10.4. The van der Waals surface area contributed by atoms with E-state index in [0.717, 1.165) is 37.7 Å². The van der Waals surface area contributed by atoms with Crippen molar-refractivity contribution in [1.82, 2.24) is 9.80 Å². The number of hydrogen-bond donors (Lipinski definition) is 1. The van der Waals surface area contributed by atoms with Crippen LogP contribution in [-0.2, 0) is 25.5 Å². The largest absolute Gasteiger partial charge is 0.465 e. The molecule has 1 spiro atoms. The minimum absolute atomic E-state index is 0.0515. The molecule has 1 aromatic rings. The molecule has 8 heteroatoms. The van der Waals surface area contributed by atoms with E-state index in [4.69, 9.17) is 4.74 Å². The van der Waals surface area contributed by atoms with Crippen LogP contribution in [0.4, 0.5) is 0 Å². The van der Waals surface area contributed by atoms with E-state index in [1.54, 1.807) is 28.8 Å². The summed E-state index contributed by atoms with van der Waals surface area (Å²) in [5, 5.41) is 10.7. The first-order chi connectivity index (χ1) is 19.9. The SMILES string of the molecule is C=CCCOC(=O)[C@@H]1[C@@H]2CC(C)C3(S2)C(C(=O)N(CC=C)C2CCCCC2)N([C@@H](CO)Cc2ccccc2)C(=O)[C@H]13. The molecular weight excluding hydrogens is 536 g/mol. The van der Waals surface area contributed by atoms with Crippen LogP contribution in [0.1, 0.15) is 57.4 Å². The number of aliphatic hydroxyl groups excluding tert-OH is 1. The molecule has 5 rings (SSSR count). The van der Waals surface area contributed by atoms with Crippen LogP contribution >= 0.6 is 11.8 Å². The number of rotatable bonds is 12. The summed E-state index contributed by atoms with van der Waals surface area (Å²) in [5.41, 5.74) is 0.987. The molecule has 1 saturated carbocycles. The molecule has 2 amide bonds. The summed E-state index contributed by atoms with van der Waals surface area (Å²) >= 11 is 1.66. The third-order valence-electron chi connectivity index (χ3n) is 9.80. The van der Waals surface area contributed by atoms with E-state index in [0.29, 0.717) is 19.4 Å². The highest BCUT2D eigenvalue weighted by atomic mass is 32.2. The maximum atomic E-state index is 14.9. The summed E-state index contributed by atoms with van der Waals surface area (Å²) in [6.45, 7) is 10.2. The Bertz CT molecular complexity index is 1140. The van der Waals surface area contributed by atoms with E-state index in [-0.39, 0.29) is 48.2 Å². The topological polar surface area (TPSA) is 87.2 Å². The molecule has 0 radical (unpaired) electrons. The molecule has 3 heterocycles. The number of likely N-dealkylation sites (tertiary alicyclic amines) is 1. The molecule has 2 bridgehead atoms. The number of thioether (sulfide) groups is 1. The van der Waals surface area contributed by atoms with Crippen molar-refractivity contribution in [2.24, 2.45) is 17.8 Å². The van der Waals surface area contributed by atoms with Crippen molar-refractivity contribution in [3.05, 3.63) is 61.2 Å². The maximum Gasteiger partial charge on any atom is 0.310 e. The second kappa shape index (κ2) is 12.7. The minimum Gasteiger partial charge on any atom is -0.465 e. The first-order valence-electron chi connectivity index (χ1n) is 15.2. The Labute approximate surface area is 248 Å². The van der Waals surface area contributed by atoms with Gasteiger partial charge in [0, 0.05) is 17.8 Å². The van der Waals surface area contributed by atoms with Gasteiger partial charge in [-0.05, 0) is 43.6 Å². The molecule has 3 unspecified atom stereocenters. The summed E-state index contributed by atoms with van der Waals surface area (Å²) in [7, 11) is 0. The van der Waals surface area contributed by atoms with E-state index in [1.807, 2.05) is 35.2 Å². The Balaban J connectivity index is 1.57. The molecule has 3 aliphatic heterocycles. The Morgan fingerprint density at radius 3 is 2.59 bits per heavy atom. The quantitative estimate of drug-likeness (QED) is 0.224. The van der Waals surface area contributed by atoms with Gasteiger partial charge in [-0.2, -0.15) is 0 Å². The van der Waals surface area contributed by atoms with Crippen molar-refractivity contribution in [2.45, 2.75) is 86.4 Å². The molecule has 4 fully saturated rings. The van der Waals surface area contributed by atoms with Gasteiger partial charge in [-0.1, -0.05) is 68.7 Å². The van der Waals surface area contributed by atoms with Gasteiger partial charge in [0.05, 0.1) is 35.8 Å². The van der Waals surface area contributed by atoms with E-state index in [1.165, 1.54) is 6.42 Å². The average Bonchev–Trinajstić information content (AvgIpc) is 3.59. The molecule has 4 aliphatic rings. The smallest absolute Gasteiger partial charge is 0.310 e. The van der Waals surface area contributed by atoms with Gasteiger partial charge in [-0.15, -0.1) is 24.9 Å². The van der Waals surface area contributed by atoms with Gasteiger partial charge in [0.2, 0.25) is 11.8 Å². The Hall–Kier alpha value is -2.58. The van der Waals surface area contributed by atoms with Gasteiger partial charge in [-0.3, -0.25) is 14.4 Å².